The highest BCUT2D eigenvalue weighted by Crippen LogP contribution is 2.33. The maximum absolute atomic E-state index is 10.7. The molecule has 0 aromatic rings. The average Bonchev–Trinajstić information content (AvgIpc) is 2.05. The lowest BCUT2D eigenvalue weighted by Gasteiger charge is -2.27. The molecule has 0 saturated heterocycles. The van der Waals surface area contributed by atoms with Crippen molar-refractivity contribution in [3.63, 3.8) is 0 Å². The summed E-state index contributed by atoms with van der Waals surface area (Å²) in [6.07, 6.45) is 4.53. The molecule has 0 radical (unpaired) electrons. The van der Waals surface area contributed by atoms with Gasteiger partial charge in [-0.1, -0.05) is 18.1 Å². The molecule has 0 heterocycles. The van der Waals surface area contributed by atoms with Crippen LogP contribution in [0.2, 0.25) is 0 Å². The van der Waals surface area contributed by atoms with E-state index in [0.29, 0.717) is 5.92 Å². The van der Waals surface area contributed by atoms with Crippen LogP contribution in [0, 0.1) is 11.8 Å². The molecule has 1 heteroatoms. The summed E-state index contributed by atoms with van der Waals surface area (Å²) in [5, 5.41) is 0. The van der Waals surface area contributed by atoms with E-state index in [2.05, 4.69) is 20.8 Å². The van der Waals surface area contributed by atoms with Gasteiger partial charge < -0.3 is 4.79 Å². The van der Waals surface area contributed by atoms with Crippen molar-refractivity contribution in [3.05, 3.63) is 11.1 Å². The zero-order chi connectivity index (χ0) is 9.14. The standard InChI is InChI=1S/C11H18O/c1-8(2)10-5-4-9(3)11(6-10)7-12/h7,9,11H,4-6H2,1-3H3/t9-,11+/m1/s1. The second-order valence-corrected chi connectivity index (χ2v) is 4.12. The van der Waals surface area contributed by atoms with Crippen molar-refractivity contribution in [2.24, 2.45) is 11.8 Å². The molecular formula is C11H18O. The Labute approximate surface area is 74.9 Å². The number of allylic oxidation sites excluding steroid dienone is 2. The van der Waals surface area contributed by atoms with E-state index in [1.165, 1.54) is 24.0 Å². The third kappa shape index (κ3) is 1.96. The fraction of sp³-hybridized carbons (Fsp3) is 0.727. The number of hydrogen-bond acceptors (Lipinski definition) is 1. The van der Waals surface area contributed by atoms with Crippen LogP contribution in [-0.4, -0.2) is 6.29 Å². The first-order valence-electron chi connectivity index (χ1n) is 4.75. The van der Waals surface area contributed by atoms with Crippen molar-refractivity contribution in [1.82, 2.24) is 0 Å². The summed E-state index contributed by atoms with van der Waals surface area (Å²) >= 11 is 0. The summed E-state index contributed by atoms with van der Waals surface area (Å²) in [6, 6.07) is 0. The molecule has 0 unspecified atom stereocenters. The van der Waals surface area contributed by atoms with Crippen LogP contribution in [0.5, 0.6) is 0 Å². The highest BCUT2D eigenvalue weighted by Gasteiger charge is 2.23. The van der Waals surface area contributed by atoms with E-state index in [-0.39, 0.29) is 5.92 Å². The topological polar surface area (TPSA) is 17.1 Å². The number of hydrogen-bond donors (Lipinski definition) is 0. The molecule has 2 atom stereocenters. The second kappa shape index (κ2) is 3.88. The number of carbonyl (C=O) groups is 1. The van der Waals surface area contributed by atoms with Gasteiger partial charge in [-0.15, -0.1) is 0 Å². The highest BCUT2D eigenvalue weighted by molar-refractivity contribution is 5.55. The van der Waals surface area contributed by atoms with Crippen LogP contribution < -0.4 is 0 Å². The number of aldehydes is 1. The first-order chi connectivity index (χ1) is 5.65. The van der Waals surface area contributed by atoms with Crippen molar-refractivity contribution in [2.45, 2.75) is 40.0 Å². The summed E-state index contributed by atoms with van der Waals surface area (Å²) in [5.74, 6) is 0.870. The van der Waals surface area contributed by atoms with Gasteiger partial charge >= 0.3 is 0 Å². The molecule has 0 N–H and O–H groups in total. The normalized spacial score (nSPS) is 30.1. The van der Waals surface area contributed by atoms with E-state index in [4.69, 9.17) is 0 Å². The Morgan fingerprint density at radius 1 is 1.50 bits per heavy atom. The van der Waals surface area contributed by atoms with Gasteiger partial charge in [-0.3, -0.25) is 0 Å². The van der Waals surface area contributed by atoms with Gasteiger partial charge in [0, 0.05) is 5.92 Å². The Hall–Kier alpha value is -0.590. The molecule has 1 saturated carbocycles. The second-order valence-electron chi connectivity index (χ2n) is 4.12. The predicted octanol–water partition coefficient (Wildman–Crippen LogP) is 2.96. The average molecular weight is 166 g/mol. The summed E-state index contributed by atoms with van der Waals surface area (Å²) in [5.41, 5.74) is 2.92. The first-order valence-corrected chi connectivity index (χ1v) is 4.75. The molecule has 68 valence electrons. The van der Waals surface area contributed by atoms with Crippen molar-refractivity contribution in [3.8, 4) is 0 Å². The predicted molar refractivity (Wildman–Crippen MR) is 50.9 cm³/mol. The van der Waals surface area contributed by atoms with Gasteiger partial charge in [0.1, 0.15) is 6.29 Å². The number of rotatable bonds is 1. The molecule has 1 rings (SSSR count). The van der Waals surface area contributed by atoms with Gasteiger partial charge in [-0.2, -0.15) is 0 Å². The van der Waals surface area contributed by atoms with Crippen LogP contribution in [0.4, 0.5) is 0 Å². The SMILES string of the molecule is CC(C)=C1CC[C@@H](C)[C@H](C=O)C1. The Balaban J connectivity index is 2.68. The molecule has 1 fully saturated rings. The minimum Gasteiger partial charge on any atom is -0.303 e. The Morgan fingerprint density at radius 3 is 2.67 bits per heavy atom. The summed E-state index contributed by atoms with van der Waals surface area (Å²) in [4.78, 5) is 10.7. The molecule has 0 aromatic heterocycles. The lowest BCUT2D eigenvalue weighted by Crippen LogP contribution is -2.19. The van der Waals surface area contributed by atoms with Gasteiger partial charge in [-0.05, 0) is 39.0 Å². The third-order valence-corrected chi connectivity index (χ3v) is 3.00. The fourth-order valence-corrected chi connectivity index (χ4v) is 1.84. The van der Waals surface area contributed by atoms with E-state index in [0.717, 1.165) is 12.7 Å². The Morgan fingerprint density at radius 2 is 2.17 bits per heavy atom. The van der Waals surface area contributed by atoms with E-state index in [1.54, 1.807) is 0 Å². The maximum Gasteiger partial charge on any atom is 0.123 e. The molecule has 0 aliphatic heterocycles. The molecule has 1 aliphatic rings. The molecule has 1 nitrogen and oxygen atoms in total. The molecule has 0 aromatic carbocycles. The van der Waals surface area contributed by atoms with Crippen molar-refractivity contribution in [2.75, 3.05) is 0 Å². The maximum atomic E-state index is 10.7. The monoisotopic (exact) mass is 166 g/mol. The molecule has 0 amide bonds. The van der Waals surface area contributed by atoms with E-state index in [1.807, 2.05) is 0 Å². The van der Waals surface area contributed by atoms with E-state index >= 15 is 0 Å². The van der Waals surface area contributed by atoms with Gasteiger partial charge in [-0.25, -0.2) is 0 Å². The Kier molecular flexibility index (Phi) is 3.07. The largest absolute Gasteiger partial charge is 0.303 e. The summed E-state index contributed by atoms with van der Waals surface area (Å²) in [7, 11) is 0. The molecule has 0 spiro atoms. The molecule has 12 heavy (non-hydrogen) atoms. The van der Waals surface area contributed by atoms with Crippen LogP contribution >= 0.6 is 0 Å². The minimum absolute atomic E-state index is 0.281. The van der Waals surface area contributed by atoms with Gasteiger partial charge in [0.2, 0.25) is 0 Å². The first kappa shape index (κ1) is 9.50. The van der Waals surface area contributed by atoms with Crippen LogP contribution in [0.25, 0.3) is 0 Å². The van der Waals surface area contributed by atoms with Crippen LogP contribution in [0.15, 0.2) is 11.1 Å². The van der Waals surface area contributed by atoms with E-state index in [9.17, 15) is 4.79 Å². The zero-order valence-electron chi connectivity index (χ0n) is 8.26. The molecular weight excluding hydrogens is 148 g/mol. The van der Waals surface area contributed by atoms with Gasteiger partial charge in [0.15, 0.2) is 0 Å². The van der Waals surface area contributed by atoms with Crippen molar-refractivity contribution >= 4 is 6.29 Å². The smallest absolute Gasteiger partial charge is 0.123 e. The van der Waals surface area contributed by atoms with Crippen LogP contribution in [0.1, 0.15) is 40.0 Å². The van der Waals surface area contributed by atoms with Crippen molar-refractivity contribution < 1.29 is 4.79 Å². The zero-order valence-corrected chi connectivity index (χ0v) is 8.26. The van der Waals surface area contributed by atoms with Crippen LogP contribution in [0.3, 0.4) is 0 Å². The lowest BCUT2D eigenvalue weighted by molar-refractivity contribution is -0.112. The lowest BCUT2D eigenvalue weighted by atomic mass is 9.77. The third-order valence-electron chi connectivity index (χ3n) is 3.00. The quantitative estimate of drug-likeness (QED) is 0.432. The summed E-state index contributed by atoms with van der Waals surface area (Å²) in [6.45, 7) is 6.47. The van der Waals surface area contributed by atoms with E-state index < -0.39 is 0 Å². The molecule has 1 aliphatic carbocycles. The Bertz CT molecular complexity index is 199. The van der Waals surface area contributed by atoms with Crippen molar-refractivity contribution in [1.29, 1.82) is 0 Å². The fourth-order valence-electron chi connectivity index (χ4n) is 1.84. The minimum atomic E-state index is 0.281. The van der Waals surface area contributed by atoms with Gasteiger partial charge in [0.05, 0.1) is 0 Å². The molecule has 0 bridgehead atoms. The van der Waals surface area contributed by atoms with Crippen LogP contribution in [-0.2, 0) is 4.79 Å². The van der Waals surface area contributed by atoms with Gasteiger partial charge in [0.25, 0.3) is 0 Å². The number of carbonyl (C=O) groups excluding carboxylic acids is 1. The summed E-state index contributed by atoms with van der Waals surface area (Å²) < 4.78 is 0. The highest BCUT2D eigenvalue weighted by atomic mass is 16.1.